The number of hydrogen-bond donors (Lipinski definition) is 0. The van der Waals surface area contributed by atoms with E-state index in [9.17, 15) is 0 Å². The molecule has 0 fully saturated rings. The maximum Gasteiger partial charge on any atom is 0.143 e. The van der Waals surface area contributed by atoms with Crippen LogP contribution in [0.5, 0.6) is 5.75 Å². The van der Waals surface area contributed by atoms with E-state index >= 15 is 0 Å². The minimum absolute atomic E-state index is 0.619. The van der Waals surface area contributed by atoms with Crippen LogP contribution in [-0.4, -0.2) is 26.8 Å². The van der Waals surface area contributed by atoms with Gasteiger partial charge in [-0.1, -0.05) is 47.6 Å². The first kappa shape index (κ1) is 17.3. The van der Waals surface area contributed by atoms with Gasteiger partial charge >= 0.3 is 0 Å². The molecule has 2 rings (SSSR count). The number of methoxy groups -OCH3 is 1. The highest BCUT2D eigenvalue weighted by atomic mass is 32.3. The summed E-state index contributed by atoms with van der Waals surface area (Å²) in [5, 5.41) is 3.17. The van der Waals surface area contributed by atoms with E-state index < -0.39 is 10.2 Å². The van der Waals surface area contributed by atoms with Gasteiger partial charge in [-0.25, -0.2) is 0 Å². The number of benzene rings is 1. The quantitative estimate of drug-likeness (QED) is 0.684. The molecule has 124 valence electrons. The molecular formula is C19H31NOS. The molecule has 22 heavy (non-hydrogen) atoms. The Bertz CT molecular complexity index is 633. The third-order valence-electron chi connectivity index (χ3n) is 4.82. The largest absolute Gasteiger partial charge is 0.495 e. The van der Waals surface area contributed by atoms with E-state index in [0.29, 0.717) is 15.7 Å². The summed E-state index contributed by atoms with van der Waals surface area (Å²) < 4.78 is 8.29. The molecule has 0 unspecified atom stereocenters. The second-order valence-electron chi connectivity index (χ2n) is 6.86. The topological polar surface area (TPSA) is 14.2 Å². The summed E-state index contributed by atoms with van der Waals surface area (Å²) in [6.07, 6.45) is 2.30. The van der Waals surface area contributed by atoms with E-state index in [-0.39, 0.29) is 0 Å². The second kappa shape index (κ2) is 6.19. The van der Waals surface area contributed by atoms with Crippen molar-refractivity contribution in [1.29, 1.82) is 0 Å². The lowest BCUT2D eigenvalue weighted by Crippen LogP contribution is -2.33. The van der Waals surface area contributed by atoms with Gasteiger partial charge in [-0.15, -0.1) is 0 Å². The molecule has 0 saturated carbocycles. The number of aryl methyl sites for hydroxylation is 1. The van der Waals surface area contributed by atoms with E-state index in [1.807, 2.05) is 0 Å². The van der Waals surface area contributed by atoms with Gasteiger partial charge in [-0.3, -0.25) is 0 Å². The Balaban J connectivity index is 2.89. The maximum absolute atomic E-state index is 5.71. The zero-order valence-electron chi connectivity index (χ0n) is 15.3. The average molecular weight is 322 g/mol. The molecule has 1 aromatic carbocycles. The van der Waals surface area contributed by atoms with Crippen LogP contribution in [0.25, 0.3) is 10.9 Å². The Morgan fingerprint density at radius 2 is 1.45 bits per heavy atom. The van der Waals surface area contributed by atoms with Gasteiger partial charge in [-0.2, -0.15) is 10.2 Å². The van der Waals surface area contributed by atoms with Crippen molar-refractivity contribution in [2.24, 2.45) is 0 Å². The molecule has 0 spiro atoms. The Hall–Kier alpha value is -1.09. The van der Waals surface area contributed by atoms with Crippen LogP contribution in [0.1, 0.15) is 47.1 Å². The van der Waals surface area contributed by atoms with E-state index in [1.165, 1.54) is 16.5 Å². The fourth-order valence-corrected chi connectivity index (χ4v) is 9.49. The fraction of sp³-hybridized carbons (Fsp3) is 0.579. The molecule has 3 heteroatoms. The van der Waals surface area contributed by atoms with Crippen LogP contribution in [0, 0.1) is 6.92 Å². The molecule has 0 atom stereocenters. The lowest BCUT2D eigenvalue weighted by Gasteiger charge is -2.52. The van der Waals surface area contributed by atoms with Crippen molar-refractivity contribution in [3.8, 4) is 5.75 Å². The number of hydrogen-bond acceptors (Lipinski definition) is 1. The van der Waals surface area contributed by atoms with Gasteiger partial charge in [0.25, 0.3) is 0 Å². The van der Waals surface area contributed by atoms with Crippen molar-refractivity contribution in [3.05, 3.63) is 30.0 Å². The van der Waals surface area contributed by atoms with Crippen LogP contribution in [0.2, 0.25) is 0 Å². The third kappa shape index (κ3) is 2.34. The Morgan fingerprint density at radius 1 is 0.909 bits per heavy atom. The molecule has 0 N–H and O–H groups in total. The maximum atomic E-state index is 5.71. The van der Waals surface area contributed by atoms with Gasteiger partial charge in [0.1, 0.15) is 5.75 Å². The highest BCUT2D eigenvalue weighted by Gasteiger charge is 2.37. The van der Waals surface area contributed by atoms with Gasteiger partial charge in [0.2, 0.25) is 0 Å². The molecule has 0 aliphatic carbocycles. The molecule has 0 aliphatic heterocycles. The minimum atomic E-state index is -1.02. The summed E-state index contributed by atoms with van der Waals surface area (Å²) in [5.74, 6) is 0.990. The Kier molecular flexibility index (Phi) is 4.86. The molecule has 1 heterocycles. The summed E-state index contributed by atoms with van der Waals surface area (Å²) in [4.78, 5) is 0. The highest BCUT2D eigenvalue weighted by molar-refractivity contribution is 8.33. The van der Waals surface area contributed by atoms with Crippen molar-refractivity contribution in [2.45, 2.75) is 64.2 Å². The summed E-state index contributed by atoms with van der Waals surface area (Å²) in [6, 6.07) is 6.53. The first-order chi connectivity index (χ1) is 10.3. The van der Waals surface area contributed by atoms with Crippen LogP contribution in [0.4, 0.5) is 0 Å². The predicted octanol–water partition coefficient (Wildman–Crippen LogP) is 5.75. The van der Waals surface area contributed by atoms with E-state index in [4.69, 9.17) is 4.74 Å². The molecule has 2 aromatic rings. The number of fused-ring (bicyclic) bond motifs is 1. The van der Waals surface area contributed by atoms with Crippen molar-refractivity contribution in [2.75, 3.05) is 7.11 Å². The lowest BCUT2D eigenvalue weighted by molar-refractivity contribution is 0.418. The molecular weight excluding hydrogens is 290 g/mol. The Labute approximate surface area is 137 Å². The fourth-order valence-electron chi connectivity index (χ4n) is 4.09. The van der Waals surface area contributed by atoms with Crippen molar-refractivity contribution in [1.82, 2.24) is 3.97 Å². The van der Waals surface area contributed by atoms with Crippen LogP contribution >= 0.6 is 10.2 Å². The molecule has 0 amide bonds. The smallest absolute Gasteiger partial charge is 0.143 e. The van der Waals surface area contributed by atoms with Crippen molar-refractivity contribution >= 4 is 21.1 Å². The number of ether oxygens (including phenoxy) is 1. The Morgan fingerprint density at radius 3 is 1.91 bits per heavy atom. The van der Waals surface area contributed by atoms with Crippen molar-refractivity contribution < 1.29 is 4.74 Å². The number of aromatic nitrogens is 1. The van der Waals surface area contributed by atoms with Crippen LogP contribution in [0.15, 0.2) is 24.4 Å². The summed E-state index contributed by atoms with van der Waals surface area (Å²) >= 11 is 0. The van der Waals surface area contributed by atoms with E-state index in [0.717, 1.165) is 5.75 Å². The summed E-state index contributed by atoms with van der Waals surface area (Å²) in [6.45, 7) is 16.5. The molecule has 0 aliphatic rings. The minimum Gasteiger partial charge on any atom is -0.495 e. The highest BCUT2D eigenvalue weighted by Crippen LogP contribution is 2.63. The van der Waals surface area contributed by atoms with Gasteiger partial charge in [0, 0.05) is 27.3 Å². The molecule has 2 nitrogen and oxygen atoms in total. The number of nitrogens with zero attached hydrogens (tertiary/aromatic N) is 1. The average Bonchev–Trinajstić information content (AvgIpc) is 2.85. The molecule has 0 bridgehead atoms. The zero-order chi connectivity index (χ0) is 16.7. The predicted molar refractivity (Wildman–Crippen MR) is 102 cm³/mol. The second-order valence-corrected chi connectivity index (χ2v) is 11.5. The molecule has 0 saturated heterocycles. The van der Waals surface area contributed by atoms with E-state index in [2.05, 4.69) is 76.8 Å². The van der Waals surface area contributed by atoms with Crippen LogP contribution < -0.4 is 4.74 Å². The first-order valence-corrected chi connectivity index (χ1v) is 10.0. The van der Waals surface area contributed by atoms with Crippen LogP contribution in [-0.2, 0) is 0 Å². The standard InChI is InChI=1S/C19H31NOS/c1-13(2)22(14(3)4,15(5)6)20-12-11-17-16(7)9-10-18(21-8)19(17)20/h9-15H,1-8H3. The van der Waals surface area contributed by atoms with Gasteiger partial charge < -0.3 is 8.71 Å². The van der Waals surface area contributed by atoms with Gasteiger partial charge in [0.15, 0.2) is 0 Å². The van der Waals surface area contributed by atoms with Crippen molar-refractivity contribution in [3.63, 3.8) is 0 Å². The first-order valence-electron chi connectivity index (χ1n) is 8.23. The molecule has 0 radical (unpaired) electrons. The monoisotopic (exact) mass is 321 g/mol. The van der Waals surface area contributed by atoms with Gasteiger partial charge in [-0.05, 0) is 24.6 Å². The summed E-state index contributed by atoms with van der Waals surface area (Å²) in [5.41, 5.74) is 2.59. The third-order valence-corrected chi connectivity index (χ3v) is 10.3. The lowest BCUT2D eigenvalue weighted by atomic mass is 10.1. The van der Waals surface area contributed by atoms with E-state index in [1.54, 1.807) is 7.11 Å². The SMILES string of the molecule is COc1ccc(C)c2ccn(S(C(C)C)(C(C)C)C(C)C)c12. The normalized spacial score (nSPS) is 13.6. The zero-order valence-corrected chi connectivity index (χ0v) is 16.1. The number of rotatable bonds is 5. The van der Waals surface area contributed by atoms with Gasteiger partial charge in [0.05, 0.1) is 12.6 Å². The van der Waals surface area contributed by atoms with Crippen LogP contribution in [0.3, 0.4) is 0 Å². The summed E-state index contributed by atoms with van der Waals surface area (Å²) in [7, 11) is 0.755. The molecule has 1 aromatic heterocycles.